The van der Waals surface area contributed by atoms with Gasteiger partial charge in [0, 0.05) is 16.5 Å². The Hall–Kier alpha value is -1.41. The molecule has 2 heteroatoms. The average molecular weight is 317 g/mol. The summed E-state index contributed by atoms with van der Waals surface area (Å²) >= 11 is 3.46. The van der Waals surface area contributed by atoms with Gasteiger partial charge in [-0.25, -0.2) is 0 Å². The Bertz CT molecular complexity index is 561. The third-order valence-corrected chi connectivity index (χ3v) is 3.79. The summed E-state index contributed by atoms with van der Waals surface area (Å²) in [7, 11) is 0. The molecule has 0 aliphatic rings. The van der Waals surface area contributed by atoms with E-state index in [1.54, 1.807) is 0 Å². The van der Waals surface area contributed by atoms with Crippen LogP contribution in [0.1, 0.15) is 34.3 Å². The number of benzene rings is 2. The summed E-state index contributed by atoms with van der Waals surface area (Å²) in [6, 6.07) is 16.2. The van der Waals surface area contributed by atoms with Crippen LogP contribution in [-0.4, -0.2) is 5.78 Å². The Balaban J connectivity index is 1.91. The molecule has 0 bridgehead atoms. The van der Waals surface area contributed by atoms with Gasteiger partial charge in [0.15, 0.2) is 5.78 Å². The van der Waals surface area contributed by atoms with Crippen LogP contribution >= 0.6 is 15.9 Å². The summed E-state index contributed by atoms with van der Waals surface area (Å²) in [4.78, 5) is 12.1. The number of carbonyl (C=O) groups excluding carboxylic acids is 1. The molecule has 0 aliphatic heterocycles. The lowest BCUT2D eigenvalue weighted by molar-refractivity contribution is 0.0979. The van der Waals surface area contributed by atoms with E-state index in [2.05, 4.69) is 28.1 Å². The second kappa shape index (κ2) is 6.67. The summed E-state index contributed by atoms with van der Waals surface area (Å²) in [6.07, 6.45) is 2.44. The maximum Gasteiger partial charge on any atom is 0.164 e. The summed E-state index contributed by atoms with van der Waals surface area (Å²) in [5.41, 5.74) is 3.24. The largest absolute Gasteiger partial charge is 0.294 e. The molecule has 0 heterocycles. The van der Waals surface area contributed by atoms with Crippen molar-refractivity contribution in [1.29, 1.82) is 0 Å². The molecule has 0 N–H and O–H groups in total. The molecule has 0 aromatic heterocycles. The van der Waals surface area contributed by atoms with E-state index < -0.39 is 0 Å². The SMILES string of the molecule is Cc1ccc(C(=O)CCCc2ccccc2)c(Br)c1. The van der Waals surface area contributed by atoms with Crippen LogP contribution in [-0.2, 0) is 6.42 Å². The van der Waals surface area contributed by atoms with Gasteiger partial charge < -0.3 is 0 Å². The van der Waals surface area contributed by atoms with Gasteiger partial charge in [-0.1, -0.05) is 58.4 Å². The molecule has 19 heavy (non-hydrogen) atoms. The zero-order chi connectivity index (χ0) is 13.7. The fourth-order valence-corrected chi connectivity index (χ4v) is 2.79. The van der Waals surface area contributed by atoms with E-state index in [-0.39, 0.29) is 5.78 Å². The van der Waals surface area contributed by atoms with Crippen molar-refractivity contribution in [2.24, 2.45) is 0 Å². The number of aryl methyl sites for hydroxylation is 2. The molecule has 2 aromatic carbocycles. The molecule has 2 rings (SSSR count). The van der Waals surface area contributed by atoms with E-state index in [1.165, 1.54) is 5.56 Å². The van der Waals surface area contributed by atoms with Crippen molar-refractivity contribution >= 4 is 21.7 Å². The Labute approximate surface area is 122 Å². The van der Waals surface area contributed by atoms with Crippen LogP contribution in [0.2, 0.25) is 0 Å². The summed E-state index contributed by atoms with van der Waals surface area (Å²) in [5, 5.41) is 0. The van der Waals surface area contributed by atoms with E-state index in [9.17, 15) is 4.79 Å². The number of carbonyl (C=O) groups is 1. The highest BCUT2D eigenvalue weighted by Crippen LogP contribution is 2.20. The van der Waals surface area contributed by atoms with E-state index >= 15 is 0 Å². The predicted molar refractivity (Wildman–Crippen MR) is 82.6 cm³/mol. The molecular weight excluding hydrogens is 300 g/mol. The van der Waals surface area contributed by atoms with Crippen LogP contribution in [0.5, 0.6) is 0 Å². The van der Waals surface area contributed by atoms with E-state index in [1.807, 2.05) is 43.3 Å². The molecule has 0 amide bonds. The normalized spacial score (nSPS) is 10.4. The van der Waals surface area contributed by atoms with Gasteiger partial charge in [0.2, 0.25) is 0 Å². The maximum absolute atomic E-state index is 12.1. The highest BCUT2D eigenvalue weighted by atomic mass is 79.9. The number of halogens is 1. The molecule has 1 nitrogen and oxygen atoms in total. The third-order valence-electron chi connectivity index (χ3n) is 3.14. The molecule has 98 valence electrons. The summed E-state index contributed by atoms with van der Waals surface area (Å²) < 4.78 is 0.900. The van der Waals surface area contributed by atoms with Gasteiger partial charge in [-0.3, -0.25) is 4.79 Å². The quantitative estimate of drug-likeness (QED) is 0.712. The minimum atomic E-state index is 0.211. The van der Waals surface area contributed by atoms with Gasteiger partial charge in [-0.05, 0) is 37.0 Å². The van der Waals surface area contributed by atoms with Gasteiger partial charge >= 0.3 is 0 Å². The zero-order valence-corrected chi connectivity index (χ0v) is 12.6. The lowest BCUT2D eigenvalue weighted by atomic mass is 10.0. The van der Waals surface area contributed by atoms with Crippen LogP contribution in [0, 0.1) is 6.92 Å². The molecule has 0 spiro atoms. The molecule has 0 aliphatic carbocycles. The smallest absolute Gasteiger partial charge is 0.164 e. The number of rotatable bonds is 5. The zero-order valence-electron chi connectivity index (χ0n) is 11.0. The van der Waals surface area contributed by atoms with Crippen molar-refractivity contribution < 1.29 is 4.79 Å². The number of hydrogen-bond acceptors (Lipinski definition) is 1. The van der Waals surface area contributed by atoms with Gasteiger partial charge in [-0.2, -0.15) is 0 Å². The molecular formula is C17H17BrO. The first kappa shape index (κ1) is 14.0. The van der Waals surface area contributed by atoms with E-state index in [0.29, 0.717) is 6.42 Å². The van der Waals surface area contributed by atoms with E-state index in [0.717, 1.165) is 28.4 Å². The molecule has 0 fully saturated rings. The van der Waals surface area contributed by atoms with Crippen molar-refractivity contribution in [1.82, 2.24) is 0 Å². The van der Waals surface area contributed by atoms with Crippen LogP contribution in [0.25, 0.3) is 0 Å². The van der Waals surface area contributed by atoms with Crippen molar-refractivity contribution in [2.75, 3.05) is 0 Å². The Morgan fingerprint density at radius 2 is 1.84 bits per heavy atom. The lowest BCUT2D eigenvalue weighted by Gasteiger charge is -2.05. The minimum absolute atomic E-state index is 0.211. The van der Waals surface area contributed by atoms with Crippen molar-refractivity contribution in [3.05, 3.63) is 69.7 Å². The summed E-state index contributed by atoms with van der Waals surface area (Å²) in [5.74, 6) is 0.211. The number of Topliss-reactive ketones (excluding diaryl/α,β-unsaturated/α-hetero) is 1. The maximum atomic E-state index is 12.1. The minimum Gasteiger partial charge on any atom is -0.294 e. The predicted octanol–water partition coefficient (Wildman–Crippen LogP) is 4.96. The first-order chi connectivity index (χ1) is 9.16. The van der Waals surface area contributed by atoms with Crippen LogP contribution in [0.4, 0.5) is 0 Å². The monoisotopic (exact) mass is 316 g/mol. The second-order valence-electron chi connectivity index (χ2n) is 4.75. The Kier molecular flexibility index (Phi) is 4.92. The van der Waals surface area contributed by atoms with Crippen molar-refractivity contribution in [3.8, 4) is 0 Å². The fourth-order valence-electron chi connectivity index (χ4n) is 2.08. The Morgan fingerprint density at radius 3 is 2.53 bits per heavy atom. The van der Waals surface area contributed by atoms with Crippen LogP contribution < -0.4 is 0 Å². The fraction of sp³-hybridized carbons (Fsp3) is 0.235. The van der Waals surface area contributed by atoms with Crippen LogP contribution in [0.15, 0.2) is 53.0 Å². The van der Waals surface area contributed by atoms with Gasteiger partial charge in [0.25, 0.3) is 0 Å². The molecule has 2 aromatic rings. The third kappa shape index (κ3) is 4.03. The highest BCUT2D eigenvalue weighted by Gasteiger charge is 2.09. The van der Waals surface area contributed by atoms with Crippen LogP contribution in [0.3, 0.4) is 0 Å². The highest BCUT2D eigenvalue weighted by molar-refractivity contribution is 9.10. The molecule has 0 saturated heterocycles. The van der Waals surface area contributed by atoms with Gasteiger partial charge in [0.1, 0.15) is 0 Å². The first-order valence-electron chi connectivity index (χ1n) is 6.50. The lowest BCUT2D eigenvalue weighted by Crippen LogP contribution is -2.01. The first-order valence-corrected chi connectivity index (χ1v) is 7.29. The van der Waals surface area contributed by atoms with Gasteiger partial charge in [0.05, 0.1) is 0 Å². The number of hydrogen-bond donors (Lipinski definition) is 0. The summed E-state index contributed by atoms with van der Waals surface area (Å²) in [6.45, 7) is 2.02. The van der Waals surface area contributed by atoms with Crippen molar-refractivity contribution in [3.63, 3.8) is 0 Å². The second-order valence-corrected chi connectivity index (χ2v) is 5.60. The number of ketones is 1. The van der Waals surface area contributed by atoms with Crippen molar-refractivity contribution in [2.45, 2.75) is 26.2 Å². The standard InChI is InChI=1S/C17H17BrO/c1-13-10-11-15(16(18)12-13)17(19)9-5-8-14-6-3-2-4-7-14/h2-4,6-7,10-12H,5,8-9H2,1H3. The molecule has 0 unspecified atom stereocenters. The van der Waals surface area contributed by atoms with Gasteiger partial charge in [-0.15, -0.1) is 0 Å². The Morgan fingerprint density at radius 1 is 1.11 bits per heavy atom. The molecule has 0 radical (unpaired) electrons. The van der Waals surface area contributed by atoms with E-state index in [4.69, 9.17) is 0 Å². The average Bonchev–Trinajstić information content (AvgIpc) is 2.39. The topological polar surface area (TPSA) is 17.1 Å². The molecule has 0 atom stereocenters. The molecule has 0 saturated carbocycles.